The Balaban J connectivity index is 1.03. The number of carbonyl (C=O) groups is 1. The van der Waals surface area contributed by atoms with E-state index in [1.807, 2.05) is 23.4 Å². The molecule has 2 saturated heterocycles. The van der Waals surface area contributed by atoms with Gasteiger partial charge in [-0.2, -0.15) is 0 Å². The molecule has 0 aliphatic carbocycles. The number of anilines is 1. The Morgan fingerprint density at radius 1 is 1.08 bits per heavy atom. The third-order valence-electron chi connectivity index (χ3n) is 7.54. The number of aromatic nitrogens is 3. The number of piperidine rings is 2. The first-order chi connectivity index (χ1) is 18.1. The van der Waals surface area contributed by atoms with Gasteiger partial charge in [-0.15, -0.1) is 0 Å². The van der Waals surface area contributed by atoms with Crippen molar-refractivity contribution < 1.29 is 13.9 Å². The number of amides is 2. The normalized spacial score (nSPS) is 18.9. The van der Waals surface area contributed by atoms with Crippen LogP contribution in [0.2, 0.25) is 0 Å². The summed E-state index contributed by atoms with van der Waals surface area (Å²) in [5.41, 5.74) is 2.94. The highest BCUT2D eigenvalue weighted by molar-refractivity contribution is 6.09. The molecule has 9 heteroatoms. The summed E-state index contributed by atoms with van der Waals surface area (Å²) < 4.78 is 19.0. The smallest absolute Gasteiger partial charge is 0.317 e. The number of nitrogens with one attached hydrogen (secondary N) is 2. The largest absolute Gasteiger partial charge is 0.493 e. The van der Waals surface area contributed by atoms with Crippen LogP contribution in [0, 0.1) is 11.7 Å². The number of aromatic amines is 1. The summed E-state index contributed by atoms with van der Waals surface area (Å²) in [6.45, 7) is 3.71. The van der Waals surface area contributed by atoms with Gasteiger partial charge >= 0.3 is 6.03 Å². The number of pyridine rings is 2. The Morgan fingerprint density at radius 2 is 1.92 bits per heavy atom. The average molecular weight is 503 g/mol. The molecule has 4 aromatic rings. The van der Waals surface area contributed by atoms with Gasteiger partial charge < -0.3 is 24.8 Å². The highest BCUT2D eigenvalue weighted by atomic mass is 19.1. The van der Waals surface area contributed by atoms with Crippen molar-refractivity contribution in [3.05, 3.63) is 60.8 Å². The van der Waals surface area contributed by atoms with Gasteiger partial charge in [0.1, 0.15) is 11.6 Å². The minimum absolute atomic E-state index is 0.0142. The third-order valence-corrected chi connectivity index (χ3v) is 7.54. The Kier molecular flexibility index (Phi) is 6.51. The number of urea groups is 1. The van der Waals surface area contributed by atoms with Crippen molar-refractivity contribution in [2.24, 2.45) is 5.92 Å². The molecule has 2 aliphatic heterocycles. The van der Waals surface area contributed by atoms with Crippen LogP contribution in [0.4, 0.5) is 14.9 Å². The number of nitrogens with zero attached hydrogens (tertiary/aromatic N) is 4. The van der Waals surface area contributed by atoms with E-state index in [4.69, 9.17) is 4.74 Å². The van der Waals surface area contributed by atoms with Crippen LogP contribution in [0.3, 0.4) is 0 Å². The number of H-pyrrole nitrogens is 1. The van der Waals surface area contributed by atoms with Crippen molar-refractivity contribution in [2.75, 3.05) is 37.7 Å². The summed E-state index contributed by atoms with van der Waals surface area (Å²) in [7, 11) is 0. The predicted molar refractivity (Wildman–Crippen MR) is 141 cm³/mol. The van der Waals surface area contributed by atoms with Crippen LogP contribution in [0.1, 0.15) is 25.7 Å². The lowest BCUT2D eigenvalue weighted by atomic mass is 9.99. The van der Waals surface area contributed by atoms with E-state index in [-0.39, 0.29) is 23.8 Å². The van der Waals surface area contributed by atoms with Crippen LogP contribution < -0.4 is 15.0 Å². The van der Waals surface area contributed by atoms with Crippen LogP contribution >= 0.6 is 0 Å². The molecule has 2 aliphatic rings. The van der Waals surface area contributed by atoms with Gasteiger partial charge in [0.2, 0.25) is 0 Å². The Morgan fingerprint density at radius 3 is 2.76 bits per heavy atom. The third kappa shape index (κ3) is 5.03. The number of likely N-dealkylation sites (tertiary alicyclic amines) is 1. The van der Waals surface area contributed by atoms with Crippen LogP contribution in [0.25, 0.3) is 21.9 Å². The first kappa shape index (κ1) is 23.5. The highest BCUT2D eigenvalue weighted by Crippen LogP contribution is 2.32. The number of fused-ring (bicyclic) bond motifs is 3. The molecule has 0 saturated carbocycles. The van der Waals surface area contributed by atoms with Crippen molar-refractivity contribution >= 4 is 33.7 Å². The maximum Gasteiger partial charge on any atom is 0.317 e. The van der Waals surface area contributed by atoms with E-state index in [2.05, 4.69) is 31.2 Å². The van der Waals surface area contributed by atoms with E-state index >= 15 is 0 Å². The van der Waals surface area contributed by atoms with Gasteiger partial charge in [0.05, 0.1) is 18.3 Å². The maximum atomic E-state index is 13.1. The monoisotopic (exact) mass is 502 g/mol. The van der Waals surface area contributed by atoms with Gasteiger partial charge in [0.25, 0.3) is 0 Å². The molecule has 8 nitrogen and oxygen atoms in total. The SMILES string of the molecule is O=C(NC1CCN(c2cc[nH]c3cnc4nccc4c23)CC1)N1CCCC(COc2ccc(F)cc2)C1. The molecule has 1 aromatic carbocycles. The summed E-state index contributed by atoms with van der Waals surface area (Å²) in [4.78, 5) is 29.5. The first-order valence-electron chi connectivity index (χ1n) is 13.0. The molecule has 0 radical (unpaired) electrons. The summed E-state index contributed by atoms with van der Waals surface area (Å²) in [5.74, 6) is 0.653. The number of rotatable bonds is 5. The van der Waals surface area contributed by atoms with E-state index < -0.39 is 0 Å². The predicted octanol–water partition coefficient (Wildman–Crippen LogP) is 4.72. The Hall–Kier alpha value is -3.88. The molecular formula is C28H31FN6O2. The van der Waals surface area contributed by atoms with Crippen molar-refractivity contribution in [3.63, 3.8) is 0 Å². The van der Waals surface area contributed by atoms with Crippen LogP contribution in [-0.4, -0.2) is 64.7 Å². The topological polar surface area (TPSA) is 86.4 Å². The van der Waals surface area contributed by atoms with Crippen molar-refractivity contribution in [3.8, 4) is 5.75 Å². The number of halogens is 1. The van der Waals surface area contributed by atoms with Gasteiger partial charge in [-0.3, -0.25) is 0 Å². The fourth-order valence-electron chi connectivity index (χ4n) is 5.56. The standard InChI is InChI=1S/C28H31FN6O2/c29-20-3-5-22(6-4-20)37-18-19-2-1-13-35(17-19)28(36)33-21-9-14-34(15-10-21)25-8-12-30-24-16-32-27-23(26(24)25)7-11-31-27/h3-8,11-12,16,19,21,30H,1-2,9-10,13-15,17-18H2,(H,33,36). The lowest BCUT2D eigenvalue weighted by Crippen LogP contribution is -2.52. The van der Waals surface area contributed by atoms with Crippen molar-refractivity contribution in [2.45, 2.75) is 31.7 Å². The lowest BCUT2D eigenvalue weighted by Gasteiger charge is -2.37. The fourth-order valence-corrected chi connectivity index (χ4v) is 5.56. The molecule has 2 fully saturated rings. The van der Waals surface area contributed by atoms with Crippen LogP contribution in [0.5, 0.6) is 5.75 Å². The van der Waals surface area contributed by atoms with Crippen LogP contribution in [-0.2, 0) is 0 Å². The quantitative estimate of drug-likeness (QED) is 0.413. The van der Waals surface area contributed by atoms with Gasteiger partial charge in [-0.1, -0.05) is 0 Å². The summed E-state index contributed by atoms with van der Waals surface area (Å²) in [6, 6.07) is 10.4. The molecule has 2 N–H and O–H groups in total. The number of ether oxygens (including phenoxy) is 1. The molecule has 1 unspecified atom stereocenters. The molecule has 0 bridgehead atoms. The van der Waals surface area contributed by atoms with Crippen LogP contribution in [0.15, 0.2) is 55.0 Å². The minimum Gasteiger partial charge on any atom is -0.493 e. The van der Waals surface area contributed by atoms with Crippen molar-refractivity contribution in [1.29, 1.82) is 0 Å². The van der Waals surface area contributed by atoms with E-state index in [1.165, 1.54) is 17.8 Å². The molecule has 37 heavy (non-hydrogen) atoms. The fraction of sp³-hybridized carbons (Fsp3) is 0.393. The highest BCUT2D eigenvalue weighted by Gasteiger charge is 2.28. The molecule has 1 atom stereocenters. The second-order valence-electron chi connectivity index (χ2n) is 10.0. The van der Waals surface area contributed by atoms with Gasteiger partial charge in [-0.05, 0) is 62.1 Å². The average Bonchev–Trinajstić information content (AvgIpc) is 3.42. The van der Waals surface area contributed by atoms with E-state index in [0.29, 0.717) is 18.9 Å². The number of carbonyl (C=O) groups excluding carboxylic acids is 1. The zero-order valence-electron chi connectivity index (χ0n) is 20.7. The Bertz CT molecular complexity index is 1380. The second-order valence-corrected chi connectivity index (χ2v) is 10.0. The summed E-state index contributed by atoms with van der Waals surface area (Å²) in [6.07, 6.45) is 9.37. The zero-order valence-corrected chi connectivity index (χ0v) is 20.7. The summed E-state index contributed by atoms with van der Waals surface area (Å²) >= 11 is 0. The molecule has 6 rings (SSSR count). The lowest BCUT2D eigenvalue weighted by molar-refractivity contribution is 0.134. The van der Waals surface area contributed by atoms with E-state index in [0.717, 1.165) is 67.3 Å². The first-order valence-corrected chi connectivity index (χ1v) is 13.0. The number of hydrogen-bond donors (Lipinski definition) is 2. The second kappa shape index (κ2) is 10.2. The molecular weight excluding hydrogens is 471 g/mol. The Labute approximate surface area is 214 Å². The molecule has 3 aromatic heterocycles. The van der Waals surface area contributed by atoms with Gasteiger partial charge in [-0.25, -0.2) is 19.2 Å². The van der Waals surface area contributed by atoms with E-state index in [1.54, 1.807) is 18.3 Å². The van der Waals surface area contributed by atoms with Gasteiger partial charge in [0.15, 0.2) is 5.65 Å². The molecule has 192 valence electrons. The zero-order chi connectivity index (χ0) is 25.2. The van der Waals surface area contributed by atoms with E-state index in [9.17, 15) is 9.18 Å². The minimum atomic E-state index is -0.275. The van der Waals surface area contributed by atoms with Crippen molar-refractivity contribution in [1.82, 2.24) is 25.2 Å². The summed E-state index contributed by atoms with van der Waals surface area (Å²) in [5, 5.41) is 5.48. The molecule has 2 amide bonds. The number of hydrogen-bond acceptors (Lipinski definition) is 5. The maximum absolute atomic E-state index is 13.1. The van der Waals surface area contributed by atoms with Gasteiger partial charge in [0, 0.05) is 67.0 Å². The molecule has 0 spiro atoms. The molecule has 5 heterocycles. The number of benzene rings is 1.